The Labute approximate surface area is 137 Å². The molecule has 1 aromatic heterocycles. The van der Waals surface area contributed by atoms with Crippen molar-refractivity contribution in [1.82, 2.24) is 4.57 Å². The second-order valence-corrected chi connectivity index (χ2v) is 5.51. The van der Waals surface area contributed by atoms with E-state index in [0.717, 1.165) is 0 Å². The van der Waals surface area contributed by atoms with Crippen molar-refractivity contribution in [3.63, 3.8) is 0 Å². The molecule has 124 valence electrons. The van der Waals surface area contributed by atoms with E-state index in [9.17, 15) is 14.3 Å². The number of hydrogen-bond acceptors (Lipinski definition) is 4. The van der Waals surface area contributed by atoms with Gasteiger partial charge in [-0.15, -0.1) is 0 Å². The third-order valence-corrected chi connectivity index (χ3v) is 3.98. The fraction of sp³-hybridized carbons (Fsp3) is 0.167. The molecule has 6 heteroatoms. The van der Waals surface area contributed by atoms with Gasteiger partial charge in [0.25, 0.3) is 5.56 Å². The number of ether oxygens (including phenoxy) is 1. The first-order chi connectivity index (χ1) is 11.5. The summed E-state index contributed by atoms with van der Waals surface area (Å²) in [6.07, 6.45) is 0.268. The third-order valence-electron chi connectivity index (χ3n) is 3.98. The third kappa shape index (κ3) is 2.90. The van der Waals surface area contributed by atoms with Gasteiger partial charge >= 0.3 is 0 Å². The van der Waals surface area contributed by atoms with E-state index in [-0.39, 0.29) is 24.4 Å². The molecule has 0 aliphatic heterocycles. The minimum atomic E-state index is -0.407. The molecule has 0 saturated heterocycles. The van der Waals surface area contributed by atoms with E-state index >= 15 is 0 Å². The van der Waals surface area contributed by atoms with E-state index in [0.29, 0.717) is 27.8 Å². The number of nitrogens with two attached hydrogens (primary N) is 1. The summed E-state index contributed by atoms with van der Waals surface area (Å²) >= 11 is 0. The lowest BCUT2D eigenvalue weighted by Crippen LogP contribution is -2.20. The standard InChI is InChI=1S/C18H17FN2O3/c1-24-14-4-2-11(16(19)10-14)6-7-21-17(22)9-12-8-13(20)3-5-15(12)18(21)23/h2-5,8-10,23H,6-7,20H2,1H3. The van der Waals surface area contributed by atoms with E-state index in [4.69, 9.17) is 10.5 Å². The van der Waals surface area contributed by atoms with Crippen LogP contribution in [-0.4, -0.2) is 16.8 Å². The summed E-state index contributed by atoms with van der Waals surface area (Å²) in [5, 5.41) is 11.5. The van der Waals surface area contributed by atoms with Gasteiger partial charge in [0.2, 0.25) is 5.88 Å². The topological polar surface area (TPSA) is 77.5 Å². The highest BCUT2D eigenvalue weighted by Gasteiger charge is 2.11. The number of aromatic hydroxyl groups is 1. The molecule has 0 saturated carbocycles. The molecule has 0 bridgehead atoms. The maximum absolute atomic E-state index is 14.0. The number of pyridine rings is 1. The average molecular weight is 328 g/mol. The maximum atomic E-state index is 14.0. The molecule has 0 unspecified atom stereocenters. The van der Waals surface area contributed by atoms with Crippen LogP contribution < -0.4 is 16.0 Å². The molecular formula is C18H17FN2O3. The molecule has 3 aromatic rings. The van der Waals surface area contributed by atoms with Gasteiger partial charge in [0.05, 0.1) is 7.11 Å². The lowest BCUT2D eigenvalue weighted by Gasteiger charge is -2.12. The number of nitrogen functional groups attached to an aromatic ring is 1. The zero-order valence-electron chi connectivity index (χ0n) is 13.1. The normalized spacial score (nSPS) is 10.9. The number of aryl methyl sites for hydroxylation is 1. The molecule has 0 amide bonds. The Morgan fingerprint density at radius 3 is 2.71 bits per heavy atom. The fourth-order valence-electron chi connectivity index (χ4n) is 2.67. The maximum Gasteiger partial charge on any atom is 0.253 e. The molecule has 2 aromatic carbocycles. The lowest BCUT2D eigenvalue weighted by atomic mass is 10.1. The summed E-state index contributed by atoms with van der Waals surface area (Å²) in [4.78, 5) is 12.2. The van der Waals surface area contributed by atoms with Crippen molar-refractivity contribution in [2.24, 2.45) is 0 Å². The van der Waals surface area contributed by atoms with Gasteiger partial charge in [-0.1, -0.05) is 6.07 Å². The molecule has 0 fully saturated rings. The van der Waals surface area contributed by atoms with E-state index in [1.807, 2.05) is 0 Å². The second kappa shape index (κ2) is 6.23. The van der Waals surface area contributed by atoms with Crippen molar-refractivity contribution < 1.29 is 14.2 Å². The van der Waals surface area contributed by atoms with Gasteiger partial charge in [-0.3, -0.25) is 9.36 Å². The van der Waals surface area contributed by atoms with E-state index in [1.54, 1.807) is 30.3 Å². The van der Waals surface area contributed by atoms with Crippen molar-refractivity contribution >= 4 is 16.5 Å². The van der Waals surface area contributed by atoms with Crippen LogP contribution in [0.25, 0.3) is 10.8 Å². The number of nitrogens with zero attached hydrogens (tertiary/aromatic N) is 1. The van der Waals surface area contributed by atoms with Crippen LogP contribution in [0.4, 0.5) is 10.1 Å². The number of halogens is 1. The summed E-state index contributed by atoms with van der Waals surface area (Å²) in [5.74, 6) is -0.124. The zero-order chi connectivity index (χ0) is 17.3. The van der Waals surface area contributed by atoms with Crippen LogP contribution in [0.15, 0.2) is 47.3 Å². The summed E-state index contributed by atoms with van der Waals surface area (Å²) in [6, 6.07) is 10.9. The first kappa shape index (κ1) is 15.9. The highest BCUT2D eigenvalue weighted by atomic mass is 19.1. The highest BCUT2D eigenvalue weighted by molar-refractivity contribution is 5.89. The Hall–Kier alpha value is -3.02. The van der Waals surface area contributed by atoms with Gasteiger partial charge in [-0.05, 0) is 41.6 Å². The number of fused-ring (bicyclic) bond motifs is 1. The molecule has 0 radical (unpaired) electrons. The van der Waals surface area contributed by atoms with E-state index < -0.39 is 5.82 Å². The number of methoxy groups -OCH3 is 1. The summed E-state index contributed by atoms with van der Waals surface area (Å²) in [6.45, 7) is 0.161. The lowest BCUT2D eigenvalue weighted by molar-refractivity contribution is 0.407. The molecule has 3 N–H and O–H groups in total. The zero-order valence-corrected chi connectivity index (χ0v) is 13.1. The number of aromatic nitrogens is 1. The Balaban J connectivity index is 1.93. The molecule has 0 atom stereocenters. The number of anilines is 1. The van der Waals surface area contributed by atoms with Crippen LogP contribution in [0.1, 0.15) is 5.56 Å². The van der Waals surface area contributed by atoms with Crippen LogP contribution in [0.3, 0.4) is 0 Å². The Bertz CT molecular complexity index is 966. The monoisotopic (exact) mass is 328 g/mol. The molecular weight excluding hydrogens is 311 g/mol. The molecule has 3 rings (SSSR count). The SMILES string of the molecule is COc1ccc(CCn2c(O)c3ccc(N)cc3cc2=O)c(F)c1. The summed E-state index contributed by atoms with van der Waals surface area (Å²) in [5.41, 5.74) is 6.29. The molecule has 0 aliphatic carbocycles. The molecule has 1 heterocycles. The van der Waals surface area contributed by atoms with Gasteiger partial charge in [-0.25, -0.2) is 4.39 Å². The summed E-state index contributed by atoms with van der Waals surface area (Å²) < 4.78 is 20.2. The van der Waals surface area contributed by atoms with Crippen molar-refractivity contribution in [2.45, 2.75) is 13.0 Å². The summed E-state index contributed by atoms with van der Waals surface area (Å²) in [7, 11) is 1.47. The number of hydrogen-bond donors (Lipinski definition) is 2. The largest absolute Gasteiger partial charge is 0.497 e. The Kier molecular flexibility index (Phi) is 4.12. The smallest absolute Gasteiger partial charge is 0.253 e. The van der Waals surface area contributed by atoms with Gasteiger partial charge < -0.3 is 15.6 Å². The van der Waals surface area contributed by atoms with Crippen LogP contribution in [-0.2, 0) is 13.0 Å². The van der Waals surface area contributed by atoms with Crippen LogP contribution in [0, 0.1) is 5.82 Å². The van der Waals surface area contributed by atoms with E-state index in [2.05, 4.69) is 0 Å². The van der Waals surface area contributed by atoms with Crippen molar-refractivity contribution in [3.8, 4) is 11.6 Å². The quantitative estimate of drug-likeness (QED) is 0.722. The van der Waals surface area contributed by atoms with Gasteiger partial charge in [0.1, 0.15) is 11.6 Å². The average Bonchev–Trinajstić information content (AvgIpc) is 2.55. The number of benzene rings is 2. The fourth-order valence-corrected chi connectivity index (χ4v) is 2.67. The molecule has 0 aliphatic rings. The predicted molar refractivity (Wildman–Crippen MR) is 90.9 cm³/mol. The Morgan fingerprint density at radius 1 is 1.21 bits per heavy atom. The first-order valence-electron chi connectivity index (χ1n) is 7.44. The minimum absolute atomic E-state index is 0.147. The molecule has 5 nitrogen and oxygen atoms in total. The van der Waals surface area contributed by atoms with Crippen LogP contribution in [0.2, 0.25) is 0 Å². The minimum Gasteiger partial charge on any atom is -0.497 e. The predicted octanol–water partition coefficient (Wildman–Crippen LogP) is 2.68. The van der Waals surface area contributed by atoms with Crippen molar-refractivity contribution in [1.29, 1.82) is 0 Å². The van der Waals surface area contributed by atoms with Gasteiger partial charge in [0.15, 0.2) is 0 Å². The highest BCUT2D eigenvalue weighted by Crippen LogP contribution is 2.25. The second-order valence-electron chi connectivity index (χ2n) is 5.51. The van der Waals surface area contributed by atoms with Crippen LogP contribution >= 0.6 is 0 Å². The van der Waals surface area contributed by atoms with Crippen molar-refractivity contribution in [3.05, 3.63) is 64.2 Å². The molecule has 0 spiro atoms. The first-order valence-corrected chi connectivity index (χ1v) is 7.44. The van der Waals surface area contributed by atoms with Crippen molar-refractivity contribution in [2.75, 3.05) is 12.8 Å². The number of rotatable bonds is 4. The van der Waals surface area contributed by atoms with Gasteiger partial charge in [-0.2, -0.15) is 0 Å². The van der Waals surface area contributed by atoms with E-state index in [1.165, 1.54) is 23.8 Å². The molecule has 24 heavy (non-hydrogen) atoms. The van der Waals surface area contributed by atoms with Crippen LogP contribution in [0.5, 0.6) is 11.6 Å². The van der Waals surface area contributed by atoms with Gasteiger partial charge in [0, 0.05) is 29.8 Å². The Morgan fingerprint density at radius 2 is 2.00 bits per heavy atom.